The van der Waals surface area contributed by atoms with Crippen LogP contribution < -0.4 is 10.1 Å². The normalized spacial score (nSPS) is 10.8. The number of carbonyl (C=O) groups is 2. The summed E-state index contributed by atoms with van der Waals surface area (Å²) in [5.74, 6) is 0.977. The van der Waals surface area contributed by atoms with Gasteiger partial charge in [0.15, 0.2) is 0 Å². The van der Waals surface area contributed by atoms with E-state index in [9.17, 15) is 9.59 Å². The number of thiophene rings is 1. The van der Waals surface area contributed by atoms with Crippen molar-refractivity contribution in [3.8, 4) is 17.2 Å². The highest BCUT2D eigenvalue weighted by Gasteiger charge is 2.13. The van der Waals surface area contributed by atoms with Gasteiger partial charge in [0, 0.05) is 29.8 Å². The minimum absolute atomic E-state index is 0.0143. The summed E-state index contributed by atoms with van der Waals surface area (Å²) in [5, 5.41) is 12.0. The van der Waals surface area contributed by atoms with E-state index in [0.29, 0.717) is 36.0 Å². The zero-order valence-corrected chi connectivity index (χ0v) is 21.1. The predicted molar refractivity (Wildman–Crippen MR) is 138 cm³/mol. The van der Waals surface area contributed by atoms with Gasteiger partial charge in [0.25, 0.3) is 5.91 Å². The zero-order valence-electron chi connectivity index (χ0n) is 20.2. The van der Waals surface area contributed by atoms with Gasteiger partial charge in [-0.1, -0.05) is 24.3 Å². The van der Waals surface area contributed by atoms with Crippen molar-refractivity contribution in [3.05, 3.63) is 93.0 Å². The molecule has 1 amide bonds. The molecule has 0 unspecified atom stereocenters. The Hall–Kier alpha value is -3.91. The first kappa shape index (κ1) is 25.2. The second kappa shape index (κ2) is 11.7. The van der Waals surface area contributed by atoms with Gasteiger partial charge in [-0.15, -0.1) is 11.3 Å². The summed E-state index contributed by atoms with van der Waals surface area (Å²) < 4.78 is 11.8. The number of aryl methyl sites for hydroxylation is 3. The van der Waals surface area contributed by atoms with E-state index in [4.69, 9.17) is 14.3 Å². The second-order valence-electron chi connectivity index (χ2n) is 8.40. The number of amides is 1. The van der Waals surface area contributed by atoms with Crippen molar-refractivity contribution >= 4 is 23.2 Å². The van der Waals surface area contributed by atoms with E-state index in [2.05, 4.69) is 10.3 Å². The van der Waals surface area contributed by atoms with Crippen molar-refractivity contribution < 1.29 is 23.8 Å². The fourth-order valence-electron chi connectivity index (χ4n) is 3.79. The number of rotatable bonds is 11. The molecule has 8 heteroatoms. The Kier molecular flexibility index (Phi) is 8.17. The number of oxazole rings is 1. The van der Waals surface area contributed by atoms with Crippen molar-refractivity contribution in [1.82, 2.24) is 10.3 Å². The number of ether oxygens (including phenoxy) is 1. The summed E-state index contributed by atoms with van der Waals surface area (Å²) in [6.07, 6.45) is 0.965. The molecule has 7 nitrogen and oxygen atoms in total. The maximum absolute atomic E-state index is 12.5. The highest BCUT2D eigenvalue weighted by molar-refractivity contribution is 7.13. The van der Waals surface area contributed by atoms with Gasteiger partial charge in [-0.05, 0) is 67.8 Å². The molecule has 0 spiro atoms. The van der Waals surface area contributed by atoms with Crippen molar-refractivity contribution in [2.24, 2.45) is 0 Å². The number of carbonyl (C=O) groups excluding carboxylic acids is 1. The average Bonchev–Trinajstić information content (AvgIpc) is 3.48. The van der Waals surface area contributed by atoms with Crippen LogP contribution in [0.25, 0.3) is 11.5 Å². The molecule has 0 atom stereocenters. The molecule has 186 valence electrons. The fourth-order valence-corrected chi connectivity index (χ4v) is 4.57. The van der Waals surface area contributed by atoms with E-state index in [0.717, 1.165) is 33.0 Å². The summed E-state index contributed by atoms with van der Waals surface area (Å²) in [7, 11) is 0. The SMILES string of the molecule is Cc1ccc(C(=O)NCc2cc(OCCc3nc(-c4ccccc4)oc3C)ccc2CCC(=O)O)s1. The summed E-state index contributed by atoms with van der Waals surface area (Å²) in [6.45, 7) is 4.53. The van der Waals surface area contributed by atoms with Gasteiger partial charge in [0.1, 0.15) is 11.5 Å². The van der Waals surface area contributed by atoms with Gasteiger partial charge in [-0.3, -0.25) is 9.59 Å². The molecule has 0 saturated heterocycles. The van der Waals surface area contributed by atoms with Crippen LogP contribution in [0.1, 0.15) is 43.6 Å². The average molecular weight is 505 g/mol. The minimum Gasteiger partial charge on any atom is -0.493 e. The van der Waals surface area contributed by atoms with Gasteiger partial charge >= 0.3 is 5.97 Å². The third-order valence-corrected chi connectivity index (χ3v) is 6.71. The smallest absolute Gasteiger partial charge is 0.303 e. The van der Waals surface area contributed by atoms with Gasteiger partial charge in [0.2, 0.25) is 5.89 Å². The Morgan fingerprint density at radius 3 is 2.56 bits per heavy atom. The number of aliphatic carboxylic acids is 1. The molecule has 2 aromatic carbocycles. The molecule has 0 radical (unpaired) electrons. The second-order valence-corrected chi connectivity index (χ2v) is 9.69. The number of carboxylic acids is 1. The molecule has 4 aromatic rings. The number of hydrogen-bond acceptors (Lipinski definition) is 6. The largest absolute Gasteiger partial charge is 0.493 e. The summed E-state index contributed by atoms with van der Waals surface area (Å²) in [4.78, 5) is 29.9. The van der Waals surface area contributed by atoms with Crippen molar-refractivity contribution in [2.75, 3.05) is 6.61 Å². The molecule has 0 aliphatic carbocycles. The Bertz CT molecular complexity index is 1340. The van der Waals surface area contributed by atoms with E-state index in [1.54, 1.807) is 6.07 Å². The van der Waals surface area contributed by atoms with E-state index in [1.807, 2.05) is 68.4 Å². The maximum atomic E-state index is 12.5. The van der Waals surface area contributed by atoms with Crippen molar-refractivity contribution in [3.63, 3.8) is 0 Å². The number of hydrogen-bond donors (Lipinski definition) is 2. The third kappa shape index (κ3) is 6.60. The Morgan fingerprint density at radius 2 is 1.83 bits per heavy atom. The van der Waals surface area contributed by atoms with Gasteiger partial charge in [0.05, 0.1) is 17.2 Å². The first-order chi connectivity index (χ1) is 17.4. The molecule has 2 aromatic heterocycles. The quantitative estimate of drug-likeness (QED) is 0.276. The monoisotopic (exact) mass is 504 g/mol. The van der Waals surface area contributed by atoms with E-state index >= 15 is 0 Å². The van der Waals surface area contributed by atoms with Gasteiger partial charge in [-0.25, -0.2) is 4.98 Å². The fraction of sp³-hybridized carbons (Fsp3) is 0.250. The first-order valence-corrected chi connectivity index (χ1v) is 12.5. The molecular formula is C28H28N2O5S. The summed E-state index contributed by atoms with van der Waals surface area (Å²) in [5.41, 5.74) is 3.46. The van der Waals surface area contributed by atoms with Crippen LogP contribution in [0, 0.1) is 13.8 Å². The van der Waals surface area contributed by atoms with E-state index < -0.39 is 5.97 Å². The lowest BCUT2D eigenvalue weighted by Gasteiger charge is -2.13. The topological polar surface area (TPSA) is 102 Å². The van der Waals surface area contributed by atoms with Crippen LogP contribution in [0.4, 0.5) is 0 Å². The molecule has 36 heavy (non-hydrogen) atoms. The zero-order chi connectivity index (χ0) is 25.5. The highest BCUT2D eigenvalue weighted by atomic mass is 32.1. The number of nitrogens with one attached hydrogen (secondary N) is 1. The number of benzene rings is 2. The van der Waals surface area contributed by atoms with E-state index in [-0.39, 0.29) is 18.9 Å². The lowest BCUT2D eigenvalue weighted by atomic mass is 10.0. The van der Waals surface area contributed by atoms with Crippen LogP contribution in [0.3, 0.4) is 0 Å². The van der Waals surface area contributed by atoms with Crippen LogP contribution in [-0.2, 0) is 24.2 Å². The minimum atomic E-state index is -0.864. The Balaban J connectivity index is 1.41. The Labute approximate surface area is 213 Å². The lowest BCUT2D eigenvalue weighted by molar-refractivity contribution is -0.136. The molecule has 0 fully saturated rings. The standard InChI is InChI=1S/C28H28N2O5S/c1-18-8-12-25(36-18)27(33)29-17-22-16-23(11-9-20(22)10-13-26(31)32)34-15-14-24-19(2)35-28(30-24)21-6-4-3-5-7-21/h3-9,11-12,16H,10,13-15,17H2,1-2H3,(H,29,33)(H,31,32). The number of nitrogens with zero attached hydrogens (tertiary/aromatic N) is 1. The van der Waals surface area contributed by atoms with Crippen LogP contribution >= 0.6 is 11.3 Å². The lowest BCUT2D eigenvalue weighted by Crippen LogP contribution is -2.22. The van der Waals surface area contributed by atoms with Crippen LogP contribution in [-0.4, -0.2) is 28.6 Å². The van der Waals surface area contributed by atoms with E-state index in [1.165, 1.54) is 11.3 Å². The molecule has 0 bridgehead atoms. The molecule has 0 aliphatic rings. The number of carboxylic acid groups (broad SMARTS) is 1. The van der Waals surface area contributed by atoms with Crippen LogP contribution in [0.2, 0.25) is 0 Å². The Morgan fingerprint density at radius 1 is 1.03 bits per heavy atom. The summed E-state index contributed by atoms with van der Waals surface area (Å²) in [6, 6.07) is 19.0. The first-order valence-electron chi connectivity index (χ1n) is 11.7. The van der Waals surface area contributed by atoms with Crippen molar-refractivity contribution in [1.29, 1.82) is 0 Å². The van der Waals surface area contributed by atoms with Gasteiger partial charge in [-0.2, -0.15) is 0 Å². The van der Waals surface area contributed by atoms with Crippen LogP contribution in [0.15, 0.2) is 65.1 Å². The molecule has 2 heterocycles. The molecule has 0 saturated carbocycles. The third-order valence-electron chi connectivity index (χ3n) is 5.71. The molecule has 2 N–H and O–H groups in total. The predicted octanol–water partition coefficient (Wildman–Crippen LogP) is 5.59. The summed E-state index contributed by atoms with van der Waals surface area (Å²) >= 11 is 1.43. The maximum Gasteiger partial charge on any atom is 0.303 e. The molecule has 0 aliphatic heterocycles. The van der Waals surface area contributed by atoms with Crippen molar-refractivity contribution in [2.45, 2.75) is 39.7 Å². The number of aromatic nitrogens is 1. The molecule has 4 rings (SSSR count). The molecular weight excluding hydrogens is 476 g/mol. The van der Waals surface area contributed by atoms with Gasteiger partial charge < -0.3 is 19.6 Å². The highest BCUT2D eigenvalue weighted by Crippen LogP contribution is 2.23. The van der Waals surface area contributed by atoms with Crippen LogP contribution in [0.5, 0.6) is 5.75 Å².